The third-order valence-electron chi connectivity index (χ3n) is 5.49. The van der Waals surface area contributed by atoms with E-state index in [1.54, 1.807) is 0 Å². The first-order chi connectivity index (χ1) is 13.5. The van der Waals surface area contributed by atoms with Gasteiger partial charge >= 0.3 is 0 Å². The molecule has 4 aromatic carbocycles. The highest BCUT2D eigenvalue weighted by Gasteiger charge is 2.11. The van der Waals surface area contributed by atoms with Crippen LogP contribution in [0.5, 0.6) is 0 Å². The first-order valence-corrected chi connectivity index (χ1v) is 9.57. The van der Waals surface area contributed by atoms with Gasteiger partial charge in [0.2, 0.25) is 0 Å². The van der Waals surface area contributed by atoms with Gasteiger partial charge in [0.1, 0.15) is 0 Å². The van der Waals surface area contributed by atoms with Crippen molar-refractivity contribution in [2.45, 2.75) is 13.8 Å². The minimum atomic E-state index is 0.926. The Labute approximate surface area is 166 Å². The molecule has 0 amide bonds. The van der Waals surface area contributed by atoms with Crippen LogP contribution in [0.1, 0.15) is 18.1 Å². The number of hydrogen-bond donors (Lipinski definition) is 0. The molecule has 0 heteroatoms. The van der Waals surface area contributed by atoms with Gasteiger partial charge in [-0.15, -0.1) is 0 Å². The van der Waals surface area contributed by atoms with Gasteiger partial charge in [-0.25, -0.2) is 0 Å². The van der Waals surface area contributed by atoms with Gasteiger partial charge in [0.05, 0.1) is 0 Å². The number of benzene rings is 4. The van der Waals surface area contributed by atoms with E-state index in [0.29, 0.717) is 0 Å². The van der Waals surface area contributed by atoms with E-state index in [9.17, 15) is 0 Å². The van der Waals surface area contributed by atoms with Crippen LogP contribution in [0, 0.1) is 6.92 Å². The van der Waals surface area contributed by atoms with Crippen LogP contribution in [0.3, 0.4) is 0 Å². The summed E-state index contributed by atoms with van der Waals surface area (Å²) in [7, 11) is 0. The normalized spacial score (nSPS) is 11.9. The summed E-state index contributed by atoms with van der Waals surface area (Å²) < 4.78 is 0. The van der Waals surface area contributed by atoms with Gasteiger partial charge < -0.3 is 0 Å². The van der Waals surface area contributed by atoms with E-state index in [2.05, 4.69) is 100 Å². The average Bonchev–Trinajstić information content (AvgIpc) is 2.72. The number of allylic oxidation sites excluding steroid dienone is 2. The van der Waals surface area contributed by atoms with Crippen molar-refractivity contribution in [1.82, 2.24) is 0 Å². The standard InChI is InChI=1S/C28H24/c1-6-19(4)27-21(7-2)13-15-26-25(14-9-20(5)28(26)27)24-12-11-22-16-18(3)8-10-23(22)17-24/h6-17H,1,4-5H2,2-3H3/b21-7-. The molecule has 0 N–H and O–H groups in total. The molecule has 0 bridgehead atoms. The van der Waals surface area contributed by atoms with Gasteiger partial charge in [0.25, 0.3) is 0 Å². The Morgan fingerprint density at radius 2 is 1.64 bits per heavy atom. The highest BCUT2D eigenvalue weighted by molar-refractivity contribution is 6.04. The van der Waals surface area contributed by atoms with Gasteiger partial charge in [-0.3, -0.25) is 0 Å². The highest BCUT2D eigenvalue weighted by Crippen LogP contribution is 2.31. The smallest absolute Gasteiger partial charge is 0.00269 e. The molecular weight excluding hydrogens is 336 g/mol. The maximum absolute atomic E-state index is 4.31. The number of rotatable bonds is 3. The summed E-state index contributed by atoms with van der Waals surface area (Å²) >= 11 is 0. The Hall–Kier alpha value is -3.38. The summed E-state index contributed by atoms with van der Waals surface area (Å²) in [6.07, 6.45) is 3.94. The Balaban J connectivity index is 2.08. The van der Waals surface area contributed by atoms with Crippen molar-refractivity contribution in [3.63, 3.8) is 0 Å². The van der Waals surface area contributed by atoms with Crippen molar-refractivity contribution in [1.29, 1.82) is 0 Å². The Morgan fingerprint density at radius 3 is 2.39 bits per heavy atom. The van der Waals surface area contributed by atoms with E-state index in [4.69, 9.17) is 0 Å². The summed E-state index contributed by atoms with van der Waals surface area (Å²) in [5, 5.41) is 7.05. The first-order valence-electron chi connectivity index (χ1n) is 9.57. The van der Waals surface area contributed by atoms with Crippen molar-refractivity contribution < 1.29 is 0 Å². The number of hydrogen-bond acceptors (Lipinski definition) is 0. The lowest BCUT2D eigenvalue weighted by molar-refractivity contribution is 1.50. The van der Waals surface area contributed by atoms with Gasteiger partial charge in [0, 0.05) is 0 Å². The maximum Gasteiger partial charge on any atom is -0.00269 e. The first kappa shape index (κ1) is 18.0. The molecule has 0 nitrogen and oxygen atoms in total. The van der Waals surface area contributed by atoms with Crippen LogP contribution in [0.25, 0.3) is 50.9 Å². The molecule has 0 spiro atoms. The second-order valence-electron chi connectivity index (χ2n) is 7.31. The van der Waals surface area contributed by atoms with E-state index in [-0.39, 0.29) is 0 Å². The molecule has 4 rings (SSSR count). The lowest BCUT2D eigenvalue weighted by Crippen LogP contribution is -2.13. The van der Waals surface area contributed by atoms with Crippen molar-refractivity contribution in [3.05, 3.63) is 101 Å². The fourth-order valence-electron chi connectivity index (χ4n) is 4.01. The van der Waals surface area contributed by atoms with Crippen LogP contribution >= 0.6 is 0 Å². The largest absolute Gasteiger partial charge is 0.0985 e. The molecule has 136 valence electrons. The predicted molar refractivity (Wildman–Crippen MR) is 126 cm³/mol. The maximum atomic E-state index is 4.31. The number of aryl methyl sites for hydroxylation is 1. The molecule has 4 aromatic rings. The Kier molecular flexibility index (Phi) is 4.49. The molecule has 0 radical (unpaired) electrons. The van der Waals surface area contributed by atoms with Crippen LogP contribution in [0.15, 0.2) is 79.9 Å². The minimum Gasteiger partial charge on any atom is -0.0985 e. The van der Waals surface area contributed by atoms with Crippen LogP contribution in [-0.2, 0) is 0 Å². The summed E-state index contributed by atoms with van der Waals surface area (Å²) in [5.41, 5.74) is 5.76. The lowest BCUT2D eigenvalue weighted by Gasteiger charge is -2.14. The zero-order chi connectivity index (χ0) is 19.8. The molecule has 0 saturated carbocycles. The molecule has 0 aliphatic heterocycles. The van der Waals surface area contributed by atoms with Gasteiger partial charge in [-0.05, 0) is 74.2 Å². The fourth-order valence-corrected chi connectivity index (χ4v) is 4.01. The van der Waals surface area contributed by atoms with Gasteiger partial charge in [-0.2, -0.15) is 0 Å². The van der Waals surface area contributed by atoms with Crippen LogP contribution < -0.4 is 10.4 Å². The van der Waals surface area contributed by atoms with E-state index >= 15 is 0 Å². The van der Waals surface area contributed by atoms with Crippen molar-refractivity contribution >= 4 is 39.8 Å². The molecule has 0 atom stereocenters. The molecule has 0 fully saturated rings. The van der Waals surface area contributed by atoms with Crippen LogP contribution in [0.2, 0.25) is 0 Å². The average molecular weight is 361 g/mol. The van der Waals surface area contributed by atoms with Crippen molar-refractivity contribution in [3.8, 4) is 11.1 Å². The zero-order valence-corrected chi connectivity index (χ0v) is 16.5. The van der Waals surface area contributed by atoms with Crippen LogP contribution in [-0.4, -0.2) is 0 Å². The molecule has 0 aliphatic rings. The molecule has 0 heterocycles. The molecular formula is C28H24. The monoisotopic (exact) mass is 360 g/mol. The van der Waals surface area contributed by atoms with Crippen molar-refractivity contribution in [2.24, 2.45) is 0 Å². The Morgan fingerprint density at radius 1 is 0.893 bits per heavy atom. The third kappa shape index (κ3) is 2.88. The molecule has 0 aliphatic carbocycles. The number of fused-ring (bicyclic) bond motifs is 2. The fraction of sp³-hybridized carbons (Fsp3) is 0.0714. The zero-order valence-electron chi connectivity index (χ0n) is 16.5. The second kappa shape index (κ2) is 6.98. The SMILES string of the molecule is C=CC(=C)c1/c(=C\C)ccc2c(-c3ccc4cc(C)ccc4c3)ccc(=C)c12. The topological polar surface area (TPSA) is 0 Å². The second-order valence-corrected chi connectivity index (χ2v) is 7.31. The predicted octanol–water partition coefficient (Wildman–Crippen LogP) is 6.38. The summed E-state index contributed by atoms with van der Waals surface area (Å²) in [5.74, 6) is 0. The third-order valence-corrected chi connectivity index (χ3v) is 5.49. The van der Waals surface area contributed by atoms with E-state index in [0.717, 1.165) is 27.0 Å². The minimum absolute atomic E-state index is 0.926. The molecule has 0 saturated heterocycles. The lowest BCUT2D eigenvalue weighted by atomic mass is 9.90. The van der Waals surface area contributed by atoms with Gasteiger partial charge in [-0.1, -0.05) is 92.0 Å². The van der Waals surface area contributed by atoms with Crippen molar-refractivity contribution in [2.75, 3.05) is 0 Å². The van der Waals surface area contributed by atoms with E-state index < -0.39 is 0 Å². The molecule has 28 heavy (non-hydrogen) atoms. The quantitative estimate of drug-likeness (QED) is 0.372. The molecule has 0 aromatic heterocycles. The van der Waals surface area contributed by atoms with Crippen LogP contribution in [0.4, 0.5) is 0 Å². The van der Waals surface area contributed by atoms with E-state index in [1.807, 2.05) is 6.08 Å². The van der Waals surface area contributed by atoms with Gasteiger partial charge in [0.15, 0.2) is 0 Å². The molecule has 0 unspecified atom stereocenters. The summed E-state index contributed by atoms with van der Waals surface area (Å²) in [6.45, 7) is 16.7. The summed E-state index contributed by atoms with van der Waals surface area (Å²) in [4.78, 5) is 0. The summed E-state index contributed by atoms with van der Waals surface area (Å²) in [6, 6.07) is 21.9. The Bertz CT molecular complexity index is 1370. The van der Waals surface area contributed by atoms with E-state index in [1.165, 1.54) is 32.8 Å². The highest BCUT2D eigenvalue weighted by atomic mass is 14.1.